The van der Waals surface area contributed by atoms with E-state index >= 15 is 0 Å². The summed E-state index contributed by atoms with van der Waals surface area (Å²) in [6, 6.07) is 9.09. The number of piperazine rings is 1. The summed E-state index contributed by atoms with van der Waals surface area (Å²) in [5, 5.41) is 0. The van der Waals surface area contributed by atoms with Crippen molar-refractivity contribution in [3.8, 4) is 11.5 Å². The molecule has 0 bridgehead atoms. The number of carbonyl (C=O) groups is 3. The van der Waals surface area contributed by atoms with Gasteiger partial charge in [0.25, 0.3) is 18.3 Å². The Bertz CT molecular complexity index is 1230. The van der Waals surface area contributed by atoms with Gasteiger partial charge in [0.15, 0.2) is 11.5 Å². The molecule has 2 N–H and O–H groups in total. The number of amides is 2. The summed E-state index contributed by atoms with van der Waals surface area (Å²) >= 11 is 0. The van der Waals surface area contributed by atoms with Crippen molar-refractivity contribution in [3.63, 3.8) is 0 Å². The summed E-state index contributed by atoms with van der Waals surface area (Å²) in [7, 11) is 3.44. The average Bonchev–Trinajstić information content (AvgIpc) is 2.92. The lowest BCUT2D eigenvalue weighted by Crippen LogP contribution is -2.47. The maximum absolute atomic E-state index is 14.3. The van der Waals surface area contributed by atoms with Crippen LogP contribution in [0.15, 0.2) is 61.0 Å². The van der Waals surface area contributed by atoms with Gasteiger partial charge in [-0.2, -0.15) is 0 Å². The van der Waals surface area contributed by atoms with Crippen LogP contribution in [0.4, 0.5) is 8.78 Å². The fourth-order valence-corrected chi connectivity index (χ4v) is 3.49. The average molecular weight is 590 g/mol. The van der Waals surface area contributed by atoms with E-state index in [-0.39, 0.29) is 40.8 Å². The van der Waals surface area contributed by atoms with Gasteiger partial charge in [-0.3, -0.25) is 14.4 Å². The molecule has 2 amide bonds. The number of allylic oxidation sites excluding steroid dienone is 3. The molecule has 11 heteroatoms. The fraction of sp³-hybridized carbons (Fsp3) is 0.387. The van der Waals surface area contributed by atoms with Gasteiger partial charge in [0.05, 0.1) is 24.1 Å². The van der Waals surface area contributed by atoms with E-state index in [0.29, 0.717) is 30.9 Å². The van der Waals surface area contributed by atoms with E-state index in [1.54, 1.807) is 17.0 Å². The standard InChI is InChI=1S/C21H24FN3O4.C5H7F.C5H10O2/c1-24-8-10-25(11-9-24)21(27)16-12-14(6-7-17(16)22)13-29-19-15(20(23)26)4-3-5-18(19)28-2;1-3-4-5(2)6;1-5(2,3)7-4-6/h3-7,12H,8-11,13H2,1-2H3,(H2,23,26);3-4H,1H2,2H3;4H,1-3H3/b;5-4+;. The highest BCUT2D eigenvalue weighted by Crippen LogP contribution is 2.31. The summed E-state index contributed by atoms with van der Waals surface area (Å²) in [6.45, 7) is 13.2. The SMILES string of the molecule is C=C/C=C(\C)F.CC(C)(C)OC=O.COc1cccc(C(N)=O)c1OCc1ccc(F)c(C(=O)N2CCN(C)CC2)c1. The van der Waals surface area contributed by atoms with Crippen LogP contribution in [0.5, 0.6) is 11.5 Å². The van der Waals surface area contributed by atoms with Gasteiger partial charge in [0, 0.05) is 26.2 Å². The number of carbonyl (C=O) groups excluding carboxylic acids is 3. The Labute approximate surface area is 246 Å². The normalized spacial score (nSPS) is 13.4. The summed E-state index contributed by atoms with van der Waals surface area (Å²) in [6.07, 6.45) is 2.72. The van der Waals surface area contributed by atoms with Crippen LogP contribution >= 0.6 is 0 Å². The third-order valence-electron chi connectivity index (χ3n) is 5.65. The Hall–Kier alpha value is -4.25. The van der Waals surface area contributed by atoms with E-state index in [1.807, 2.05) is 27.8 Å². The second-order valence-corrected chi connectivity index (χ2v) is 10.2. The molecule has 0 saturated carbocycles. The smallest absolute Gasteiger partial charge is 0.293 e. The van der Waals surface area contributed by atoms with Crippen LogP contribution in [0.1, 0.15) is 54.0 Å². The molecule has 1 saturated heterocycles. The fourth-order valence-electron chi connectivity index (χ4n) is 3.49. The van der Waals surface area contributed by atoms with Gasteiger partial charge in [-0.15, -0.1) is 0 Å². The Morgan fingerprint density at radius 3 is 2.19 bits per heavy atom. The zero-order chi connectivity index (χ0) is 31.9. The molecular weight excluding hydrogens is 548 g/mol. The second-order valence-electron chi connectivity index (χ2n) is 10.2. The minimum absolute atomic E-state index is 0.00537. The number of ether oxygens (including phenoxy) is 3. The van der Waals surface area contributed by atoms with E-state index in [4.69, 9.17) is 15.2 Å². The largest absolute Gasteiger partial charge is 0.493 e. The highest BCUT2D eigenvalue weighted by atomic mass is 19.1. The molecule has 2 aromatic rings. The lowest BCUT2D eigenvalue weighted by Gasteiger charge is -2.32. The summed E-state index contributed by atoms with van der Waals surface area (Å²) in [4.78, 5) is 37.8. The number of nitrogens with zero attached hydrogens (tertiary/aromatic N) is 2. The van der Waals surface area contributed by atoms with Crippen molar-refractivity contribution >= 4 is 18.3 Å². The van der Waals surface area contributed by atoms with Gasteiger partial charge in [-0.1, -0.05) is 24.8 Å². The Kier molecular flexibility index (Phi) is 14.9. The number of rotatable bonds is 8. The first-order valence-electron chi connectivity index (χ1n) is 13.2. The molecule has 3 rings (SSSR count). The number of benzene rings is 2. The van der Waals surface area contributed by atoms with Crippen molar-refractivity contribution in [2.75, 3.05) is 40.3 Å². The molecule has 0 radical (unpaired) electrons. The number of methoxy groups -OCH3 is 1. The Morgan fingerprint density at radius 2 is 1.74 bits per heavy atom. The van der Waals surface area contributed by atoms with Crippen molar-refractivity contribution in [1.82, 2.24) is 9.80 Å². The van der Waals surface area contributed by atoms with E-state index in [0.717, 1.165) is 13.1 Å². The molecule has 2 aromatic carbocycles. The molecule has 0 aliphatic carbocycles. The molecule has 9 nitrogen and oxygen atoms in total. The number of primary amides is 1. The predicted octanol–water partition coefficient (Wildman–Crippen LogP) is 4.90. The lowest BCUT2D eigenvalue weighted by molar-refractivity contribution is -0.138. The number of hydrogen-bond acceptors (Lipinski definition) is 7. The minimum Gasteiger partial charge on any atom is -0.493 e. The molecule has 0 atom stereocenters. The third kappa shape index (κ3) is 12.5. The minimum atomic E-state index is -0.649. The van der Waals surface area contributed by atoms with Gasteiger partial charge < -0.3 is 29.7 Å². The topological polar surface area (TPSA) is 111 Å². The van der Waals surface area contributed by atoms with Gasteiger partial charge >= 0.3 is 0 Å². The van der Waals surface area contributed by atoms with Crippen LogP contribution in [-0.4, -0.2) is 74.0 Å². The number of hydrogen-bond donors (Lipinski definition) is 1. The van der Waals surface area contributed by atoms with E-state index in [1.165, 1.54) is 50.5 Å². The number of likely N-dealkylation sites (N-methyl/N-ethyl adjacent to an activating group) is 1. The van der Waals surface area contributed by atoms with Crippen molar-refractivity contribution in [1.29, 1.82) is 0 Å². The Balaban J connectivity index is 0.000000566. The van der Waals surface area contributed by atoms with Crippen LogP contribution in [0, 0.1) is 5.82 Å². The lowest BCUT2D eigenvalue weighted by atomic mass is 10.1. The Morgan fingerprint density at radius 1 is 1.10 bits per heavy atom. The molecule has 0 aromatic heterocycles. The zero-order valence-corrected chi connectivity index (χ0v) is 25.1. The number of para-hydroxylation sites is 1. The molecule has 42 heavy (non-hydrogen) atoms. The van der Waals surface area contributed by atoms with Gasteiger partial charge in [0.2, 0.25) is 0 Å². The first-order valence-corrected chi connectivity index (χ1v) is 13.2. The summed E-state index contributed by atoms with van der Waals surface area (Å²) < 4.78 is 41.4. The van der Waals surface area contributed by atoms with Crippen molar-refractivity contribution in [2.45, 2.75) is 39.9 Å². The van der Waals surface area contributed by atoms with Crippen LogP contribution < -0.4 is 15.2 Å². The first kappa shape index (κ1) is 35.8. The molecule has 1 heterocycles. The monoisotopic (exact) mass is 589 g/mol. The van der Waals surface area contributed by atoms with Crippen LogP contribution in [-0.2, 0) is 16.1 Å². The van der Waals surface area contributed by atoms with Crippen LogP contribution in [0.3, 0.4) is 0 Å². The van der Waals surface area contributed by atoms with Crippen molar-refractivity contribution < 1.29 is 37.4 Å². The summed E-state index contributed by atoms with van der Waals surface area (Å²) in [5.74, 6) is -1.20. The molecule has 1 fully saturated rings. The van der Waals surface area contributed by atoms with Gasteiger partial charge in [-0.05, 0) is 70.6 Å². The number of nitrogens with two attached hydrogens (primary N) is 1. The van der Waals surface area contributed by atoms with E-state index in [9.17, 15) is 23.2 Å². The van der Waals surface area contributed by atoms with Gasteiger partial charge in [0.1, 0.15) is 18.0 Å². The molecule has 1 aliphatic heterocycles. The van der Waals surface area contributed by atoms with E-state index in [2.05, 4.69) is 16.2 Å². The van der Waals surface area contributed by atoms with Gasteiger partial charge in [-0.25, -0.2) is 8.78 Å². The maximum Gasteiger partial charge on any atom is 0.293 e. The molecule has 1 aliphatic rings. The first-order chi connectivity index (χ1) is 19.7. The summed E-state index contributed by atoms with van der Waals surface area (Å²) in [5.41, 5.74) is 5.86. The second kappa shape index (κ2) is 17.5. The molecule has 230 valence electrons. The predicted molar refractivity (Wildman–Crippen MR) is 158 cm³/mol. The van der Waals surface area contributed by atoms with E-state index < -0.39 is 11.7 Å². The molecule has 0 unspecified atom stereocenters. The molecule has 0 spiro atoms. The van der Waals surface area contributed by atoms with Crippen molar-refractivity contribution in [2.24, 2.45) is 5.73 Å². The highest BCUT2D eigenvalue weighted by Gasteiger charge is 2.23. The highest BCUT2D eigenvalue weighted by molar-refractivity contribution is 5.96. The third-order valence-corrected chi connectivity index (χ3v) is 5.65. The van der Waals surface area contributed by atoms with Crippen molar-refractivity contribution in [3.05, 3.63) is 83.5 Å². The number of halogens is 2. The van der Waals surface area contributed by atoms with Crippen LogP contribution in [0.2, 0.25) is 0 Å². The zero-order valence-electron chi connectivity index (χ0n) is 25.1. The quantitative estimate of drug-likeness (QED) is 0.344. The molecular formula is C31H41F2N3O6. The maximum atomic E-state index is 14.3. The van der Waals surface area contributed by atoms with Crippen LogP contribution in [0.25, 0.3) is 0 Å².